The van der Waals surface area contributed by atoms with E-state index in [1.807, 2.05) is 30.3 Å². The molecule has 1 aliphatic rings. The molecule has 0 atom stereocenters. The molecule has 2 heteroatoms. The van der Waals surface area contributed by atoms with Crippen molar-refractivity contribution < 1.29 is 4.74 Å². The Balaban J connectivity index is 1.63. The molecule has 1 fully saturated rings. The van der Waals surface area contributed by atoms with Gasteiger partial charge in [0.15, 0.2) is 0 Å². The van der Waals surface area contributed by atoms with E-state index < -0.39 is 0 Å². The van der Waals surface area contributed by atoms with Gasteiger partial charge >= 0.3 is 0 Å². The summed E-state index contributed by atoms with van der Waals surface area (Å²) in [7, 11) is 0. The van der Waals surface area contributed by atoms with E-state index in [4.69, 9.17) is 10.5 Å². The van der Waals surface area contributed by atoms with E-state index in [1.165, 1.54) is 11.1 Å². The van der Waals surface area contributed by atoms with E-state index in [9.17, 15) is 0 Å². The average Bonchev–Trinajstić information content (AvgIpc) is 3.15. The highest BCUT2D eigenvalue weighted by Crippen LogP contribution is 2.36. The van der Waals surface area contributed by atoms with Gasteiger partial charge in [0, 0.05) is 5.54 Å². The van der Waals surface area contributed by atoms with E-state index in [2.05, 4.69) is 24.3 Å². The van der Waals surface area contributed by atoms with Crippen molar-refractivity contribution in [3.8, 4) is 5.75 Å². The van der Waals surface area contributed by atoms with Crippen LogP contribution in [0.25, 0.3) is 0 Å². The number of hydrogen-bond acceptors (Lipinski definition) is 2. The van der Waals surface area contributed by atoms with Crippen molar-refractivity contribution in [2.45, 2.75) is 31.4 Å². The summed E-state index contributed by atoms with van der Waals surface area (Å²) >= 11 is 0. The van der Waals surface area contributed by atoms with Crippen LogP contribution in [0.5, 0.6) is 5.75 Å². The fraction of sp³-hybridized carbons (Fsp3) is 0.294. The van der Waals surface area contributed by atoms with E-state index >= 15 is 0 Å². The summed E-state index contributed by atoms with van der Waals surface area (Å²) in [6.45, 7) is 0.609. The number of ether oxygens (including phenoxy) is 1. The summed E-state index contributed by atoms with van der Waals surface area (Å²) in [6.07, 6.45) is 3.24. The maximum Gasteiger partial charge on any atom is 0.120 e. The Morgan fingerprint density at radius 2 is 1.68 bits per heavy atom. The average molecular weight is 253 g/mol. The maximum atomic E-state index is 6.15. The van der Waals surface area contributed by atoms with Gasteiger partial charge in [0.2, 0.25) is 0 Å². The van der Waals surface area contributed by atoms with Crippen LogP contribution in [-0.4, -0.2) is 5.54 Å². The van der Waals surface area contributed by atoms with Gasteiger partial charge in [0.05, 0.1) is 0 Å². The Morgan fingerprint density at radius 3 is 2.42 bits per heavy atom. The zero-order chi connectivity index (χ0) is 13.1. The second kappa shape index (κ2) is 5.06. The molecule has 2 aromatic rings. The molecule has 0 heterocycles. The molecule has 0 bridgehead atoms. The zero-order valence-electron chi connectivity index (χ0n) is 11.0. The van der Waals surface area contributed by atoms with Crippen molar-refractivity contribution in [3.05, 3.63) is 65.7 Å². The van der Waals surface area contributed by atoms with Crippen LogP contribution < -0.4 is 10.5 Å². The minimum absolute atomic E-state index is 0.0536. The highest BCUT2D eigenvalue weighted by Gasteiger charge is 2.37. The SMILES string of the molecule is NC1(Cc2cccc(OCc3ccccc3)c2)CC1. The summed E-state index contributed by atoms with van der Waals surface area (Å²) in [4.78, 5) is 0. The maximum absolute atomic E-state index is 6.15. The quantitative estimate of drug-likeness (QED) is 0.887. The Labute approximate surface area is 114 Å². The third-order valence-electron chi connectivity index (χ3n) is 3.60. The lowest BCUT2D eigenvalue weighted by atomic mass is 10.1. The second-order valence-corrected chi connectivity index (χ2v) is 5.46. The molecule has 0 amide bonds. The molecule has 0 aliphatic heterocycles. The van der Waals surface area contributed by atoms with Crippen LogP contribution in [0.15, 0.2) is 54.6 Å². The largest absolute Gasteiger partial charge is 0.489 e. The first kappa shape index (κ1) is 12.2. The van der Waals surface area contributed by atoms with Crippen molar-refractivity contribution in [1.82, 2.24) is 0 Å². The van der Waals surface area contributed by atoms with Crippen molar-refractivity contribution in [2.24, 2.45) is 5.73 Å². The molecule has 0 spiro atoms. The lowest BCUT2D eigenvalue weighted by molar-refractivity contribution is 0.306. The number of rotatable bonds is 5. The summed E-state index contributed by atoms with van der Waals surface area (Å²) in [5.41, 5.74) is 8.66. The summed E-state index contributed by atoms with van der Waals surface area (Å²) in [6, 6.07) is 18.5. The van der Waals surface area contributed by atoms with Gasteiger partial charge in [0.25, 0.3) is 0 Å². The van der Waals surface area contributed by atoms with Crippen LogP contribution in [-0.2, 0) is 13.0 Å². The summed E-state index contributed by atoms with van der Waals surface area (Å²) in [5, 5.41) is 0. The Morgan fingerprint density at radius 1 is 0.947 bits per heavy atom. The molecule has 0 aromatic heterocycles. The van der Waals surface area contributed by atoms with E-state index in [1.54, 1.807) is 0 Å². The summed E-state index contributed by atoms with van der Waals surface area (Å²) < 4.78 is 5.83. The highest BCUT2D eigenvalue weighted by atomic mass is 16.5. The van der Waals surface area contributed by atoms with Gasteiger partial charge in [-0.25, -0.2) is 0 Å². The fourth-order valence-electron chi connectivity index (χ4n) is 2.23. The molecular formula is C17H19NO. The van der Waals surface area contributed by atoms with Crippen LogP contribution in [0.3, 0.4) is 0 Å². The number of benzene rings is 2. The Hall–Kier alpha value is -1.80. The minimum Gasteiger partial charge on any atom is -0.489 e. The second-order valence-electron chi connectivity index (χ2n) is 5.46. The zero-order valence-corrected chi connectivity index (χ0v) is 11.0. The van der Waals surface area contributed by atoms with Crippen molar-refractivity contribution in [1.29, 1.82) is 0 Å². The fourth-order valence-corrected chi connectivity index (χ4v) is 2.23. The molecule has 1 saturated carbocycles. The molecule has 0 unspecified atom stereocenters. The van der Waals surface area contributed by atoms with Crippen LogP contribution in [0, 0.1) is 0 Å². The predicted molar refractivity (Wildman–Crippen MR) is 77.1 cm³/mol. The van der Waals surface area contributed by atoms with Crippen molar-refractivity contribution >= 4 is 0 Å². The van der Waals surface area contributed by atoms with E-state index in [-0.39, 0.29) is 5.54 Å². The Kier molecular flexibility index (Phi) is 3.26. The molecule has 0 radical (unpaired) electrons. The molecule has 2 nitrogen and oxygen atoms in total. The first-order chi connectivity index (χ1) is 9.23. The van der Waals surface area contributed by atoms with Crippen LogP contribution in [0.2, 0.25) is 0 Å². The van der Waals surface area contributed by atoms with E-state index in [0.717, 1.165) is 25.0 Å². The lowest BCUT2D eigenvalue weighted by Gasteiger charge is -2.11. The van der Waals surface area contributed by atoms with E-state index in [0.29, 0.717) is 6.61 Å². The molecule has 1 aliphatic carbocycles. The van der Waals surface area contributed by atoms with Gasteiger partial charge < -0.3 is 10.5 Å². The van der Waals surface area contributed by atoms with Crippen LogP contribution in [0.1, 0.15) is 24.0 Å². The third-order valence-corrected chi connectivity index (χ3v) is 3.60. The van der Waals surface area contributed by atoms with Gasteiger partial charge in [-0.15, -0.1) is 0 Å². The standard InChI is InChI=1S/C17H19NO/c18-17(9-10-17)12-15-7-4-8-16(11-15)19-13-14-5-2-1-3-6-14/h1-8,11H,9-10,12-13,18H2. The molecule has 3 rings (SSSR count). The minimum atomic E-state index is 0.0536. The number of hydrogen-bond donors (Lipinski definition) is 1. The first-order valence-electron chi connectivity index (χ1n) is 6.78. The van der Waals surface area contributed by atoms with Crippen LogP contribution in [0.4, 0.5) is 0 Å². The van der Waals surface area contributed by atoms with Gasteiger partial charge in [0.1, 0.15) is 12.4 Å². The lowest BCUT2D eigenvalue weighted by Crippen LogP contribution is -2.24. The topological polar surface area (TPSA) is 35.2 Å². The van der Waals surface area contributed by atoms with Gasteiger partial charge in [-0.05, 0) is 42.5 Å². The van der Waals surface area contributed by atoms with Crippen LogP contribution >= 0.6 is 0 Å². The van der Waals surface area contributed by atoms with Crippen molar-refractivity contribution in [3.63, 3.8) is 0 Å². The van der Waals surface area contributed by atoms with Gasteiger partial charge in [-0.1, -0.05) is 42.5 Å². The third kappa shape index (κ3) is 3.36. The normalized spacial score (nSPS) is 16.1. The highest BCUT2D eigenvalue weighted by molar-refractivity contribution is 5.31. The molecule has 2 aromatic carbocycles. The number of nitrogens with two attached hydrogens (primary N) is 1. The molecule has 98 valence electrons. The molecular weight excluding hydrogens is 234 g/mol. The Bertz CT molecular complexity index is 546. The van der Waals surface area contributed by atoms with Crippen molar-refractivity contribution in [2.75, 3.05) is 0 Å². The summed E-state index contributed by atoms with van der Waals surface area (Å²) in [5.74, 6) is 0.922. The molecule has 19 heavy (non-hydrogen) atoms. The smallest absolute Gasteiger partial charge is 0.120 e. The monoisotopic (exact) mass is 253 g/mol. The van der Waals surface area contributed by atoms with Gasteiger partial charge in [-0.2, -0.15) is 0 Å². The molecule has 2 N–H and O–H groups in total. The molecule has 0 saturated heterocycles. The predicted octanol–water partition coefficient (Wildman–Crippen LogP) is 3.30. The van der Waals surface area contributed by atoms with Gasteiger partial charge in [-0.3, -0.25) is 0 Å². The first-order valence-corrected chi connectivity index (χ1v) is 6.78.